The zero-order valence-electron chi connectivity index (χ0n) is 22.1. The molecule has 0 spiro atoms. The van der Waals surface area contributed by atoms with Crippen LogP contribution < -0.4 is 11.1 Å². The molecule has 0 saturated carbocycles. The van der Waals surface area contributed by atoms with Crippen LogP contribution in [-0.4, -0.2) is 22.9 Å². The summed E-state index contributed by atoms with van der Waals surface area (Å²) in [5.74, 6) is -2.35. The fourth-order valence-corrected chi connectivity index (χ4v) is 3.81. The van der Waals surface area contributed by atoms with Gasteiger partial charge in [0.2, 0.25) is 0 Å². The minimum absolute atomic E-state index is 0.0818. The zero-order chi connectivity index (χ0) is 30.7. The summed E-state index contributed by atoms with van der Waals surface area (Å²) in [5, 5.41) is 11.4. The normalized spacial score (nSPS) is 11.2. The summed E-state index contributed by atoms with van der Waals surface area (Å²) < 4.78 is 38.6. The minimum Gasteiger partial charge on any atom is -0.481 e. The lowest BCUT2D eigenvalue weighted by Crippen LogP contribution is -2.31. The van der Waals surface area contributed by atoms with E-state index >= 15 is 0 Å². The monoisotopic (exact) mass is 594 g/mol. The van der Waals surface area contributed by atoms with Crippen molar-refractivity contribution in [2.45, 2.75) is 19.0 Å². The summed E-state index contributed by atoms with van der Waals surface area (Å²) in [6.07, 6.45) is -2.69. The second-order valence-electron chi connectivity index (χ2n) is 8.96. The number of halogens is 4. The molecule has 0 aliphatic heterocycles. The van der Waals surface area contributed by atoms with Crippen molar-refractivity contribution in [2.24, 2.45) is 5.73 Å². The van der Waals surface area contributed by atoms with Gasteiger partial charge in [-0.3, -0.25) is 14.4 Å². The average Bonchev–Trinajstić information content (AvgIpc) is 2.97. The number of aryl methyl sites for hydroxylation is 1. The predicted octanol–water partition coefficient (Wildman–Crippen LogP) is 6.99. The molecule has 0 aliphatic carbocycles. The Morgan fingerprint density at radius 3 is 2.02 bits per heavy atom. The van der Waals surface area contributed by atoms with Crippen LogP contribution in [0, 0.1) is 0 Å². The lowest BCUT2D eigenvalue weighted by Gasteiger charge is -2.10. The van der Waals surface area contributed by atoms with E-state index in [4.69, 9.17) is 22.4 Å². The summed E-state index contributed by atoms with van der Waals surface area (Å²) in [6.45, 7) is 0. The number of benzene rings is 4. The van der Waals surface area contributed by atoms with Gasteiger partial charge >= 0.3 is 12.1 Å². The van der Waals surface area contributed by atoms with E-state index in [0.717, 1.165) is 34.9 Å². The Morgan fingerprint density at radius 2 is 1.45 bits per heavy atom. The molecule has 4 aromatic carbocycles. The third kappa shape index (κ3) is 9.94. The number of rotatable bonds is 8. The highest BCUT2D eigenvalue weighted by Gasteiger charge is 2.30. The maximum absolute atomic E-state index is 12.9. The number of amides is 2. The van der Waals surface area contributed by atoms with E-state index in [2.05, 4.69) is 5.32 Å². The van der Waals surface area contributed by atoms with E-state index in [-0.39, 0.29) is 23.2 Å². The molecule has 0 atom stereocenters. The predicted molar refractivity (Wildman–Crippen MR) is 155 cm³/mol. The Morgan fingerprint density at radius 1 is 0.833 bits per heavy atom. The molecule has 0 aliphatic rings. The third-order valence-electron chi connectivity index (χ3n) is 5.83. The van der Waals surface area contributed by atoms with Crippen LogP contribution in [0.2, 0.25) is 5.02 Å². The summed E-state index contributed by atoms with van der Waals surface area (Å²) >= 11 is 5.66. The van der Waals surface area contributed by atoms with Gasteiger partial charge in [-0.05, 0) is 71.1 Å². The lowest BCUT2D eigenvalue weighted by atomic mass is 10.0. The van der Waals surface area contributed by atoms with Gasteiger partial charge < -0.3 is 16.2 Å². The Balaban J connectivity index is 0.000000337. The van der Waals surface area contributed by atoms with Crippen molar-refractivity contribution in [3.05, 3.63) is 136 Å². The number of carbonyl (C=O) groups excluding carboxylic acids is 2. The summed E-state index contributed by atoms with van der Waals surface area (Å²) in [7, 11) is 0. The van der Waals surface area contributed by atoms with E-state index in [0.29, 0.717) is 11.4 Å². The molecule has 2 amide bonds. The Bertz CT molecular complexity index is 1550. The molecule has 4 aromatic rings. The lowest BCUT2D eigenvalue weighted by molar-refractivity contribution is -0.138. The number of alkyl halides is 3. The number of carboxylic acid groups (broad SMARTS) is 1. The minimum atomic E-state index is -4.53. The van der Waals surface area contributed by atoms with E-state index in [1.807, 2.05) is 42.5 Å². The van der Waals surface area contributed by atoms with Gasteiger partial charge in [-0.1, -0.05) is 78.3 Å². The maximum Gasteiger partial charge on any atom is 0.416 e. The Labute approximate surface area is 245 Å². The van der Waals surface area contributed by atoms with Crippen LogP contribution >= 0.6 is 11.6 Å². The first-order valence-corrected chi connectivity index (χ1v) is 12.9. The van der Waals surface area contributed by atoms with Gasteiger partial charge in [0.25, 0.3) is 11.8 Å². The first-order chi connectivity index (χ1) is 19.9. The van der Waals surface area contributed by atoms with Crippen LogP contribution in [0.5, 0.6) is 0 Å². The highest BCUT2D eigenvalue weighted by Crippen LogP contribution is 2.30. The molecule has 4 N–H and O–H groups in total. The maximum atomic E-state index is 12.9. The van der Waals surface area contributed by atoms with Gasteiger partial charge in [0, 0.05) is 17.0 Å². The van der Waals surface area contributed by atoms with Gasteiger partial charge in [0.05, 0.1) is 5.56 Å². The average molecular weight is 595 g/mol. The van der Waals surface area contributed by atoms with Gasteiger partial charge in [-0.25, -0.2) is 0 Å². The molecule has 0 heterocycles. The highest BCUT2D eigenvalue weighted by atomic mass is 35.5. The van der Waals surface area contributed by atoms with Crippen LogP contribution in [0.1, 0.15) is 33.5 Å². The van der Waals surface area contributed by atoms with E-state index in [9.17, 15) is 27.6 Å². The van der Waals surface area contributed by atoms with E-state index in [1.54, 1.807) is 36.4 Å². The standard InChI is InChI=1S/C23H17F3N2O2.C9H9ClO2/c24-23(25,26)19-8-4-5-15(13-19)14-20(21(27)29)28-22(30)18-11-9-17(10-12-18)16-6-2-1-3-7-16;10-8-4-1-7(2-5-8)3-6-9(11)12/h1-14H,(H2,27,29)(H,28,30);1-2,4-5H,3,6H2,(H,11,12)/b20-14+;. The van der Waals surface area contributed by atoms with Crippen molar-refractivity contribution in [1.29, 1.82) is 0 Å². The van der Waals surface area contributed by atoms with Crippen LogP contribution in [0.3, 0.4) is 0 Å². The largest absolute Gasteiger partial charge is 0.481 e. The summed E-state index contributed by atoms with van der Waals surface area (Å²) in [5.41, 5.74) is 7.34. The quantitative estimate of drug-likeness (QED) is 0.191. The Kier molecular flexibility index (Phi) is 11.0. The van der Waals surface area contributed by atoms with Gasteiger partial charge in [-0.2, -0.15) is 13.2 Å². The van der Waals surface area contributed by atoms with E-state index in [1.165, 1.54) is 12.1 Å². The number of nitrogens with two attached hydrogens (primary N) is 1. The van der Waals surface area contributed by atoms with Crippen molar-refractivity contribution < 1.29 is 32.7 Å². The molecule has 0 aromatic heterocycles. The molecule has 216 valence electrons. The summed E-state index contributed by atoms with van der Waals surface area (Å²) in [6, 6.07) is 27.8. The van der Waals surface area contributed by atoms with Crippen LogP contribution in [0.4, 0.5) is 13.2 Å². The molecular formula is C32H26ClF3N2O4. The van der Waals surface area contributed by atoms with Gasteiger partial charge in [0.1, 0.15) is 5.70 Å². The fourth-order valence-electron chi connectivity index (χ4n) is 3.68. The van der Waals surface area contributed by atoms with Crippen molar-refractivity contribution in [2.75, 3.05) is 0 Å². The smallest absolute Gasteiger partial charge is 0.416 e. The van der Waals surface area contributed by atoms with Crippen molar-refractivity contribution in [3.8, 4) is 11.1 Å². The number of nitrogens with one attached hydrogen (secondary N) is 1. The topological polar surface area (TPSA) is 109 Å². The molecular weight excluding hydrogens is 569 g/mol. The number of carboxylic acids is 1. The zero-order valence-corrected chi connectivity index (χ0v) is 22.8. The molecule has 6 nitrogen and oxygen atoms in total. The molecule has 4 rings (SSSR count). The van der Waals surface area contributed by atoms with E-state index < -0.39 is 29.5 Å². The second kappa shape index (κ2) is 14.7. The van der Waals surface area contributed by atoms with Gasteiger partial charge in [0.15, 0.2) is 0 Å². The van der Waals surface area contributed by atoms with Crippen LogP contribution in [-0.2, 0) is 22.2 Å². The molecule has 42 heavy (non-hydrogen) atoms. The van der Waals surface area contributed by atoms with Gasteiger partial charge in [-0.15, -0.1) is 0 Å². The van der Waals surface area contributed by atoms with Crippen molar-refractivity contribution in [1.82, 2.24) is 5.32 Å². The molecule has 0 saturated heterocycles. The molecule has 0 unspecified atom stereocenters. The number of aliphatic carboxylic acids is 1. The number of carbonyl (C=O) groups is 3. The second-order valence-corrected chi connectivity index (χ2v) is 9.40. The fraction of sp³-hybridized carbons (Fsp3) is 0.0938. The van der Waals surface area contributed by atoms with Crippen molar-refractivity contribution in [3.63, 3.8) is 0 Å². The molecule has 0 fully saturated rings. The van der Waals surface area contributed by atoms with Crippen molar-refractivity contribution >= 4 is 35.5 Å². The first-order valence-electron chi connectivity index (χ1n) is 12.5. The number of hydrogen-bond donors (Lipinski definition) is 3. The molecule has 0 radical (unpaired) electrons. The first kappa shape index (κ1) is 31.6. The molecule has 10 heteroatoms. The van der Waals surface area contributed by atoms with Crippen LogP contribution in [0.25, 0.3) is 17.2 Å². The Hall–Kier alpha value is -4.89. The summed E-state index contributed by atoms with van der Waals surface area (Å²) in [4.78, 5) is 34.4. The SMILES string of the molecule is NC(=O)/C(=C\c1cccc(C(F)(F)F)c1)NC(=O)c1ccc(-c2ccccc2)cc1.O=C(O)CCc1ccc(Cl)cc1. The number of hydrogen-bond acceptors (Lipinski definition) is 3. The third-order valence-corrected chi connectivity index (χ3v) is 6.09. The highest BCUT2D eigenvalue weighted by molar-refractivity contribution is 6.30. The van der Waals surface area contributed by atoms with Crippen LogP contribution in [0.15, 0.2) is 109 Å². The number of primary amides is 1. The molecule has 0 bridgehead atoms.